The molecule has 0 bridgehead atoms. The van der Waals surface area contributed by atoms with Crippen molar-refractivity contribution in [3.05, 3.63) is 47.7 Å². The third kappa shape index (κ3) is 1.87. The Morgan fingerprint density at radius 2 is 2.00 bits per heavy atom. The van der Waals surface area contributed by atoms with Gasteiger partial charge in [0.25, 0.3) is 0 Å². The van der Waals surface area contributed by atoms with Crippen LogP contribution in [0.1, 0.15) is 15.9 Å². The number of nitrogens with zero attached hydrogens (tertiary/aromatic N) is 3. The molecule has 1 aromatic carbocycles. The summed E-state index contributed by atoms with van der Waals surface area (Å²) in [6.45, 7) is 1.97. The lowest BCUT2D eigenvalue weighted by Gasteiger charge is -2.08. The molecule has 0 saturated carbocycles. The second-order valence-electron chi connectivity index (χ2n) is 4.60. The Hall–Kier alpha value is -2.89. The summed E-state index contributed by atoms with van der Waals surface area (Å²) in [4.78, 5) is 11.3. The Bertz CT molecular complexity index is 822. The Kier molecular flexibility index (Phi) is 2.64. The monoisotopic (exact) mass is 267 g/mol. The average Bonchev–Trinajstić information content (AvgIpc) is 2.80. The van der Waals surface area contributed by atoms with Crippen LogP contribution in [0.2, 0.25) is 0 Å². The predicted octanol–water partition coefficient (Wildman–Crippen LogP) is 1.39. The molecule has 0 fully saturated rings. The largest absolute Gasteiger partial charge is 0.368 e. The van der Waals surface area contributed by atoms with Crippen molar-refractivity contribution in [2.24, 2.45) is 5.73 Å². The van der Waals surface area contributed by atoms with Gasteiger partial charge in [-0.15, -0.1) is 10.2 Å². The number of nitrogen functional groups attached to an aromatic ring is 1. The van der Waals surface area contributed by atoms with Gasteiger partial charge in [0, 0.05) is 11.8 Å². The number of hydrogen-bond acceptors (Lipinski definition) is 4. The normalized spacial score (nSPS) is 10.8. The summed E-state index contributed by atoms with van der Waals surface area (Å²) in [5.74, 6) is -0.104. The minimum Gasteiger partial charge on any atom is -0.368 e. The molecule has 0 saturated heterocycles. The van der Waals surface area contributed by atoms with Crippen LogP contribution in [0, 0.1) is 6.92 Å². The summed E-state index contributed by atoms with van der Waals surface area (Å²) in [7, 11) is 0. The molecule has 0 aliphatic carbocycles. The highest BCUT2D eigenvalue weighted by Crippen LogP contribution is 2.25. The van der Waals surface area contributed by atoms with Gasteiger partial charge in [0.05, 0.1) is 0 Å². The van der Waals surface area contributed by atoms with E-state index in [4.69, 9.17) is 11.5 Å². The van der Waals surface area contributed by atoms with Gasteiger partial charge >= 0.3 is 0 Å². The van der Waals surface area contributed by atoms with E-state index in [0.29, 0.717) is 17.2 Å². The molecule has 3 aromatic rings. The number of amides is 1. The van der Waals surface area contributed by atoms with Crippen LogP contribution in [-0.4, -0.2) is 20.5 Å². The minimum atomic E-state index is -0.445. The first kappa shape index (κ1) is 12.2. The zero-order chi connectivity index (χ0) is 14.3. The molecule has 0 radical (unpaired) electrons. The van der Waals surface area contributed by atoms with Crippen molar-refractivity contribution >= 4 is 17.5 Å². The highest BCUT2D eigenvalue weighted by Gasteiger charge is 2.09. The van der Waals surface area contributed by atoms with Crippen molar-refractivity contribution in [1.29, 1.82) is 0 Å². The van der Waals surface area contributed by atoms with Gasteiger partial charge in [-0.3, -0.25) is 9.20 Å². The number of primary amides is 1. The van der Waals surface area contributed by atoms with Gasteiger partial charge in [-0.05, 0) is 47.9 Å². The van der Waals surface area contributed by atoms with E-state index in [9.17, 15) is 4.79 Å². The van der Waals surface area contributed by atoms with Crippen molar-refractivity contribution in [3.8, 4) is 11.1 Å². The van der Waals surface area contributed by atoms with Gasteiger partial charge in [-0.25, -0.2) is 0 Å². The van der Waals surface area contributed by atoms with E-state index < -0.39 is 5.91 Å². The van der Waals surface area contributed by atoms with Crippen molar-refractivity contribution < 1.29 is 4.79 Å². The highest BCUT2D eigenvalue weighted by atomic mass is 16.1. The molecule has 2 aromatic heterocycles. The molecular formula is C14H13N5O. The highest BCUT2D eigenvalue weighted by molar-refractivity contribution is 5.94. The van der Waals surface area contributed by atoms with Crippen molar-refractivity contribution in [2.45, 2.75) is 6.92 Å². The molecule has 4 N–H and O–H groups in total. The molecule has 6 heteroatoms. The number of benzene rings is 1. The third-order valence-corrected chi connectivity index (χ3v) is 3.27. The summed E-state index contributed by atoms with van der Waals surface area (Å²) < 4.78 is 1.69. The fraction of sp³-hybridized carbons (Fsp3) is 0.0714. The van der Waals surface area contributed by atoms with Crippen LogP contribution in [0.3, 0.4) is 0 Å². The van der Waals surface area contributed by atoms with Crippen LogP contribution in [-0.2, 0) is 0 Å². The number of nitrogens with two attached hydrogens (primary N) is 2. The summed E-state index contributed by atoms with van der Waals surface area (Å²) in [5, 5.41) is 7.80. The summed E-state index contributed by atoms with van der Waals surface area (Å²) in [6, 6.07) is 9.14. The quantitative estimate of drug-likeness (QED) is 0.732. The van der Waals surface area contributed by atoms with E-state index >= 15 is 0 Å². The van der Waals surface area contributed by atoms with Crippen LogP contribution in [0.15, 0.2) is 36.5 Å². The summed E-state index contributed by atoms with van der Waals surface area (Å²) in [6.07, 6.45) is 1.80. The lowest BCUT2D eigenvalue weighted by atomic mass is 9.98. The SMILES string of the molecule is Cc1ccc(C(N)=O)cc1-c1ccn2c(N)nnc2c1. The standard InChI is InChI=1S/C14H13N5O/c1-8-2-3-10(13(15)20)6-11(8)9-4-5-19-12(7-9)17-18-14(19)16/h2-7H,1H3,(H2,15,20)(H2,16,18). The first-order valence-electron chi connectivity index (χ1n) is 6.07. The predicted molar refractivity (Wildman–Crippen MR) is 76.1 cm³/mol. The van der Waals surface area contributed by atoms with Crippen molar-refractivity contribution in [1.82, 2.24) is 14.6 Å². The Labute approximate surface area is 115 Å². The number of carbonyl (C=O) groups excluding carboxylic acids is 1. The fourth-order valence-corrected chi connectivity index (χ4v) is 2.16. The lowest BCUT2D eigenvalue weighted by Crippen LogP contribution is -2.10. The Balaban J connectivity index is 2.19. The Morgan fingerprint density at radius 3 is 2.75 bits per heavy atom. The number of aryl methyl sites for hydroxylation is 1. The molecule has 6 nitrogen and oxygen atoms in total. The maximum absolute atomic E-state index is 11.3. The number of hydrogen-bond donors (Lipinski definition) is 2. The molecular weight excluding hydrogens is 254 g/mol. The van der Waals surface area contributed by atoms with Crippen LogP contribution in [0.5, 0.6) is 0 Å². The van der Waals surface area contributed by atoms with Crippen LogP contribution < -0.4 is 11.5 Å². The van der Waals surface area contributed by atoms with E-state index in [2.05, 4.69) is 10.2 Å². The number of anilines is 1. The number of fused-ring (bicyclic) bond motifs is 1. The fourth-order valence-electron chi connectivity index (χ4n) is 2.16. The van der Waals surface area contributed by atoms with E-state index in [1.54, 1.807) is 22.7 Å². The minimum absolute atomic E-state index is 0.342. The summed E-state index contributed by atoms with van der Waals surface area (Å²) >= 11 is 0. The van der Waals surface area contributed by atoms with Crippen LogP contribution in [0.4, 0.5) is 5.95 Å². The molecule has 100 valence electrons. The zero-order valence-electron chi connectivity index (χ0n) is 10.9. The van der Waals surface area contributed by atoms with Gasteiger partial charge < -0.3 is 11.5 Å². The number of pyridine rings is 1. The number of carbonyl (C=O) groups is 1. The first-order valence-corrected chi connectivity index (χ1v) is 6.07. The van der Waals surface area contributed by atoms with E-state index in [1.807, 2.05) is 25.1 Å². The second kappa shape index (κ2) is 4.34. The molecule has 0 unspecified atom stereocenters. The smallest absolute Gasteiger partial charge is 0.248 e. The lowest BCUT2D eigenvalue weighted by molar-refractivity contribution is 0.100. The first-order chi connectivity index (χ1) is 9.56. The zero-order valence-corrected chi connectivity index (χ0v) is 10.9. The second-order valence-corrected chi connectivity index (χ2v) is 4.60. The third-order valence-electron chi connectivity index (χ3n) is 3.27. The molecule has 0 atom stereocenters. The maximum atomic E-state index is 11.3. The van der Waals surface area contributed by atoms with E-state index in [-0.39, 0.29) is 0 Å². The van der Waals surface area contributed by atoms with E-state index in [1.165, 1.54) is 0 Å². The van der Waals surface area contributed by atoms with Gasteiger partial charge in [-0.2, -0.15) is 0 Å². The molecule has 3 rings (SSSR count). The van der Waals surface area contributed by atoms with Gasteiger partial charge in [-0.1, -0.05) is 6.07 Å². The molecule has 0 spiro atoms. The van der Waals surface area contributed by atoms with Gasteiger partial charge in [0.2, 0.25) is 11.9 Å². The molecule has 0 aliphatic rings. The topological polar surface area (TPSA) is 99.3 Å². The number of aromatic nitrogens is 3. The summed E-state index contributed by atoms with van der Waals surface area (Å²) in [5.41, 5.74) is 15.1. The molecule has 2 heterocycles. The van der Waals surface area contributed by atoms with Crippen molar-refractivity contribution in [2.75, 3.05) is 5.73 Å². The molecule has 0 aliphatic heterocycles. The average molecular weight is 267 g/mol. The van der Waals surface area contributed by atoms with Gasteiger partial charge in [0.15, 0.2) is 5.65 Å². The van der Waals surface area contributed by atoms with Gasteiger partial charge in [0.1, 0.15) is 0 Å². The number of rotatable bonds is 2. The van der Waals surface area contributed by atoms with Crippen LogP contribution >= 0.6 is 0 Å². The molecule has 20 heavy (non-hydrogen) atoms. The van der Waals surface area contributed by atoms with Crippen molar-refractivity contribution in [3.63, 3.8) is 0 Å². The molecule has 1 amide bonds. The van der Waals surface area contributed by atoms with E-state index in [0.717, 1.165) is 16.7 Å². The van der Waals surface area contributed by atoms with Crippen LogP contribution in [0.25, 0.3) is 16.8 Å². The maximum Gasteiger partial charge on any atom is 0.248 e. The Morgan fingerprint density at radius 1 is 1.20 bits per heavy atom.